The van der Waals surface area contributed by atoms with Crippen molar-refractivity contribution in [3.63, 3.8) is 0 Å². The SMILES string of the molecule is CC(C)CC(=O)Nc1nc2c(ncn2[C@@H]2O[C@H](CO)[C@H]3OC(C)(C)O[C@H]32)c(=O)[nH]1. The van der Waals surface area contributed by atoms with E-state index >= 15 is 0 Å². The number of fused-ring (bicyclic) bond motifs is 2. The first kappa shape index (κ1) is 20.0. The minimum Gasteiger partial charge on any atom is -0.394 e. The Labute approximate surface area is 166 Å². The van der Waals surface area contributed by atoms with E-state index in [-0.39, 0.29) is 35.5 Å². The molecule has 1 amide bonds. The van der Waals surface area contributed by atoms with E-state index in [4.69, 9.17) is 14.2 Å². The highest BCUT2D eigenvalue weighted by Crippen LogP contribution is 2.43. The van der Waals surface area contributed by atoms with Gasteiger partial charge < -0.3 is 19.3 Å². The van der Waals surface area contributed by atoms with Gasteiger partial charge in [0, 0.05) is 6.42 Å². The van der Waals surface area contributed by atoms with Crippen LogP contribution >= 0.6 is 0 Å². The van der Waals surface area contributed by atoms with Crippen LogP contribution in [0.25, 0.3) is 11.2 Å². The van der Waals surface area contributed by atoms with Gasteiger partial charge in [0.15, 0.2) is 23.2 Å². The summed E-state index contributed by atoms with van der Waals surface area (Å²) in [6.45, 7) is 7.17. The zero-order valence-electron chi connectivity index (χ0n) is 16.7. The van der Waals surface area contributed by atoms with Crippen LogP contribution in [0.4, 0.5) is 5.95 Å². The Bertz CT molecular complexity index is 983. The molecule has 0 aromatic carbocycles. The summed E-state index contributed by atoms with van der Waals surface area (Å²) in [6, 6.07) is 0. The highest BCUT2D eigenvalue weighted by molar-refractivity contribution is 5.89. The fourth-order valence-electron chi connectivity index (χ4n) is 3.76. The zero-order chi connectivity index (χ0) is 20.9. The monoisotopic (exact) mass is 407 g/mol. The van der Waals surface area contributed by atoms with Gasteiger partial charge in [0.2, 0.25) is 11.9 Å². The molecule has 11 nitrogen and oxygen atoms in total. The first-order chi connectivity index (χ1) is 13.7. The molecule has 29 heavy (non-hydrogen) atoms. The lowest BCUT2D eigenvalue weighted by molar-refractivity contribution is -0.199. The van der Waals surface area contributed by atoms with Gasteiger partial charge in [-0.25, -0.2) is 4.98 Å². The van der Waals surface area contributed by atoms with Crippen LogP contribution in [-0.4, -0.2) is 61.2 Å². The van der Waals surface area contributed by atoms with E-state index < -0.39 is 35.9 Å². The van der Waals surface area contributed by atoms with Crippen molar-refractivity contribution in [3.8, 4) is 0 Å². The number of nitrogens with one attached hydrogen (secondary N) is 2. The average molecular weight is 407 g/mol. The molecule has 2 aliphatic heterocycles. The Morgan fingerprint density at radius 1 is 1.38 bits per heavy atom. The largest absolute Gasteiger partial charge is 0.394 e. The van der Waals surface area contributed by atoms with E-state index in [0.29, 0.717) is 6.42 Å². The third kappa shape index (κ3) is 3.66. The molecule has 158 valence electrons. The zero-order valence-corrected chi connectivity index (χ0v) is 16.7. The van der Waals surface area contributed by atoms with Crippen LogP contribution in [0.5, 0.6) is 0 Å². The number of H-pyrrole nitrogens is 1. The number of carbonyl (C=O) groups is 1. The standard InChI is InChI=1S/C18H25N5O6/c1-8(2)5-10(25)20-17-21-14-11(15(26)22-17)19-7-23(14)16-13-12(9(6-24)27-16)28-18(3,4)29-13/h7-9,12-13,16,24H,5-6H2,1-4H3,(H2,20,21,22,25,26)/t9-,12-,13-,16-/m1/s1. The average Bonchev–Trinajstić information content (AvgIpc) is 3.24. The van der Waals surface area contributed by atoms with E-state index in [1.54, 1.807) is 18.4 Å². The van der Waals surface area contributed by atoms with Crippen LogP contribution in [0.3, 0.4) is 0 Å². The first-order valence-electron chi connectivity index (χ1n) is 9.57. The van der Waals surface area contributed by atoms with Gasteiger partial charge in [-0.05, 0) is 19.8 Å². The van der Waals surface area contributed by atoms with Crippen molar-refractivity contribution in [1.82, 2.24) is 19.5 Å². The molecule has 2 aromatic heterocycles. The molecule has 2 aromatic rings. The van der Waals surface area contributed by atoms with Crippen LogP contribution in [0.2, 0.25) is 0 Å². The Morgan fingerprint density at radius 3 is 2.79 bits per heavy atom. The third-order valence-corrected chi connectivity index (χ3v) is 4.86. The lowest BCUT2D eigenvalue weighted by Gasteiger charge is -2.24. The summed E-state index contributed by atoms with van der Waals surface area (Å²) >= 11 is 0. The molecule has 4 heterocycles. The Morgan fingerprint density at radius 2 is 2.10 bits per heavy atom. The van der Waals surface area contributed by atoms with Crippen molar-refractivity contribution in [2.45, 2.75) is 64.4 Å². The molecule has 0 aliphatic carbocycles. The maximum atomic E-state index is 12.4. The number of imidazole rings is 1. The van der Waals surface area contributed by atoms with Crippen LogP contribution in [0.1, 0.15) is 40.3 Å². The second-order valence-corrected chi connectivity index (χ2v) is 8.20. The number of aliphatic hydroxyl groups excluding tert-OH is 1. The van der Waals surface area contributed by atoms with Gasteiger partial charge in [0.25, 0.3) is 5.56 Å². The maximum Gasteiger partial charge on any atom is 0.280 e. The number of nitrogens with zero attached hydrogens (tertiary/aromatic N) is 3. The summed E-state index contributed by atoms with van der Waals surface area (Å²) in [4.78, 5) is 35.5. The molecular formula is C18H25N5O6. The van der Waals surface area contributed by atoms with E-state index in [1.807, 2.05) is 13.8 Å². The van der Waals surface area contributed by atoms with E-state index in [0.717, 1.165) is 0 Å². The number of amides is 1. The lowest BCUT2D eigenvalue weighted by atomic mass is 10.1. The molecule has 2 fully saturated rings. The van der Waals surface area contributed by atoms with E-state index in [9.17, 15) is 14.7 Å². The van der Waals surface area contributed by atoms with Crippen LogP contribution in [0.15, 0.2) is 11.1 Å². The molecule has 0 radical (unpaired) electrons. The molecular weight excluding hydrogens is 382 g/mol. The molecule has 0 unspecified atom stereocenters. The topological polar surface area (TPSA) is 141 Å². The molecule has 4 atom stereocenters. The Kier molecular flexibility index (Phi) is 4.93. The smallest absolute Gasteiger partial charge is 0.280 e. The van der Waals surface area contributed by atoms with E-state index in [2.05, 4.69) is 20.3 Å². The molecule has 3 N–H and O–H groups in total. The number of carbonyl (C=O) groups excluding carboxylic acids is 1. The summed E-state index contributed by atoms with van der Waals surface area (Å²) in [7, 11) is 0. The summed E-state index contributed by atoms with van der Waals surface area (Å²) in [5.41, 5.74) is -0.132. The number of hydrogen-bond acceptors (Lipinski definition) is 8. The van der Waals surface area contributed by atoms with Gasteiger partial charge in [-0.3, -0.25) is 24.5 Å². The summed E-state index contributed by atoms with van der Waals surface area (Å²) < 4.78 is 19.3. The normalized spacial score (nSPS) is 28.2. The highest BCUT2D eigenvalue weighted by Gasteiger charge is 2.56. The number of aromatic amines is 1. The summed E-state index contributed by atoms with van der Waals surface area (Å²) in [6.07, 6.45) is -0.532. The molecule has 4 rings (SSSR count). The fraction of sp³-hybridized carbons (Fsp3) is 0.667. The maximum absolute atomic E-state index is 12.4. The van der Waals surface area contributed by atoms with Crippen molar-refractivity contribution in [3.05, 3.63) is 16.7 Å². The van der Waals surface area contributed by atoms with Crippen molar-refractivity contribution in [2.24, 2.45) is 5.92 Å². The van der Waals surface area contributed by atoms with Crippen molar-refractivity contribution in [1.29, 1.82) is 0 Å². The van der Waals surface area contributed by atoms with Gasteiger partial charge in [0.05, 0.1) is 12.9 Å². The summed E-state index contributed by atoms with van der Waals surface area (Å²) in [5.74, 6) is -0.882. The number of anilines is 1. The molecule has 2 aliphatic rings. The first-order valence-corrected chi connectivity index (χ1v) is 9.57. The number of rotatable bonds is 5. The Hall–Kier alpha value is -2.34. The van der Waals surface area contributed by atoms with Crippen LogP contribution in [0, 0.1) is 5.92 Å². The van der Waals surface area contributed by atoms with Gasteiger partial charge in [-0.1, -0.05) is 13.8 Å². The van der Waals surface area contributed by atoms with Crippen molar-refractivity contribution >= 4 is 23.0 Å². The predicted octanol–water partition coefficient (Wildman–Crippen LogP) is 0.514. The summed E-state index contributed by atoms with van der Waals surface area (Å²) in [5, 5.41) is 12.3. The quantitative estimate of drug-likeness (QED) is 0.651. The van der Waals surface area contributed by atoms with Crippen LogP contribution < -0.4 is 10.9 Å². The Balaban J connectivity index is 1.69. The van der Waals surface area contributed by atoms with Gasteiger partial charge >= 0.3 is 0 Å². The van der Waals surface area contributed by atoms with Gasteiger partial charge in [-0.2, -0.15) is 4.98 Å². The predicted molar refractivity (Wildman–Crippen MR) is 101 cm³/mol. The van der Waals surface area contributed by atoms with E-state index in [1.165, 1.54) is 6.33 Å². The minimum absolute atomic E-state index is 0.0343. The molecule has 0 bridgehead atoms. The molecule has 0 saturated carbocycles. The lowest BCUT2D eigenvalue weighted by Crippen LogP contribution is -2.31. The number of ether oxygens (including phenoxy) is 3. The highest BCUT2D eigenvalue weighted by atomic mass is 16.8. The second kappa shape index (κ2) is 7.17. The molecule has 11 heteroatoms. The number of aliphatic hydroxyl groups is 1. The number of hydrogen-bond donors (Lipinski definition) is 3. The molecule has 2 saturated heterocycles. The minimum atomic E-state index is -0.831. The second-order valence-electron chi connectivity index (χ2n) is 8.20. The number of aromatic nitrogens is 4. The van der Waals surface area contributed by atoms with Gasteiger partial charge in [-0.15, -0.1) is 0 Å². The fourth-order valence-corrected chi connectivity index (χ4v) is 3.76. The van der Waals surface area contributed by atoms with Crippen molar-refractivity contribution < 1.29 is 24.1 Å². The molecule has 0 spiro atoms. The van der Waals surface area contributed by atoms with Crippen molar-refractivity contribution in [2.75, 3.05) is 11.9 Å². The van der Waals surface area contributed by atoms with Crippen LogP contribution in [-0.2, 0) is 19.0 Å². The third-order valence-electron chi connectivity index (χ3n) is 4.86. The van der Waals surface area contributed by atoms with Gasteiger partial charge in [0.1, 0.15) is 18.3 Å².